The first-order chi connectivity index (χ1) is 11.5. The summed E-state index contributed by atoms with van der Waals surface area (Å²) in [6, 6.07) is 9.65. The molecule has 0 unspecified atom stereocenters. The Balaban J connectivity index is 1.80. The number of nitrogens with one attached hydrogen (secondary N) is 1. The summed E-state index contributed by atoms with van der Waals surface area (Å²) in [5.41, 5.74) is 0.982. The summed E-state index contributed by atoms with van der Waals surface area (Å²) in [4.78, 5) is 38.0. The van der Waals surface area contributed by atoms with Crippen LogP contribution in [0.25, 0.3) is 0 Å². The van der Waals surface area contributed by atoms with Gasteiger partial charge in [-0.25, -0.2) is 4.79 Å². The molecule has 1 aliphatic heterocycles. The third-order valence-electron chi connectivity index (χ3n) is 3.94. The van der Waals surface area contributed by atoms with E-state index in [0.29, 0.717) is 6.42 Å². The lowest BCUT2D eigenvalue weighted by atomic mass is 10.0. The van der Waals surface area contributed by atoms with E-state index >= 15 is 0 Å². The molecule has 0 bridgehead atoms. The largest absolute Gasteiger partial charge is 0.478 e. The van der Waals surface area contributed by atoms with Crippen molar-refractivity contribution < 1.29 is 19.5 Å². The van der Waals surface area contributed by atoms with Gasteiger partial charge < -0.3 is 15.3 Å². The number of amides is 2. The third kappa shape index (κ3) is 3.46. The molecule has 0 radical (unpaired) electrons. The molecule has 2 N–H and O–H groups in total. The van der Waals surface area contributed by atoms with Crippen molar-refractivity contribution in [1.29, 1.82) is 0 Å². The van der Waals surface area contributed by atoms with Gasteiger partial charge in [0.25, 0.3) is 0 Å². The molecule has 124 valence electrons. The van der Waals surface area contributed by atoms with Crippen molar-refractivity contribution in [2.75, 3.05) is 6.54 Å². The van der Waals surface area contributed by atoms with Gasteiger partial charge in [0.1, 0.15) is 6.04 Å². The number of thiophene rings is 1. The fourth-order valence-electron chi connectivity index (χ4n) is 2.67. The quantitative estimate of drug-likeness (QED) is 0.861. The minimum absolute atomic E-state index is 0.00696. The number of carboxylic acid groups (broad SMARTS) is 1. The zero-order valence-electron chi connectivity index (χ0n) is 12.8. The highest BCUT2D eigenvalue weighted by Crippen LogP contribution is 2.19. The van der Waals surface area contributed by atoms with Crippen molar-refractivity contribution in [3.05, 3.63) is 57.8 Å². The van der Waals surface area contributed by atoms with Crippen LogP contribution in [-0.4, -0.2) is 40.4 Å². The van der Waals surface area contributed by atoms with E-state index in [-0.39, 0.29) is 30.5 Å². The van der Waals surface area contributed by atoms with Crippen LogP contribution in [0.15, 0.2) is 41.8 Å². The number of carbonyl (C=O) groups excluding carboxylic acids is 2. The van der Waals surface area contributed by atoms with Crippen LogP contribution < -0.4 is 5.32 Å². The van der Waals surface area contributed by atoms with Crippen molar-refractivity contribution in [1.82, 2.24) is 10.2 Å². The van der Waals surface area contributed by atoms with Gasteiger partial charge in [0.15, 0.2) is 0 Å². The van der Waals surface area contributed by atoms with Gasteiger partial charge >= 0.3 is 5.97 Å². The van der Waals surface area contributed by atoms with Crippen LogP contribution in [0.4, 0.5) is 0 Å². The third-order valence-corrected chi connectivity index (χ3v) is 4.84. The number of aromatic carboxylic acids is 1. The van der Waals surface area contributed by atoms with Crippen LogP contribution in [-0.2, 0) is 22.6 Å². The molecule has 24 heavy (non-hydrogen) atoms. The zero-order valence-corrected chi connectivity index (χ0v) is 13.6. The van der Waals surface area contributed by atoms with E-state index in [9.17, 15) is 14.4 Å². The molecule has 1 fully saturated rings. The zero-order chi connectivity index (χ0) is 17.1. The Kier molecular flexibility index (Phi) is 4.61. The van der Waals surface area contributed by atoms with Crippen molar-refractivity contribution >= 4 is 29.1 Å². The van der Waals surface area contributed by atoms with Crippen molar-refractivity contribution in [2.45, 2.75) is 19.0 Å². The Hall–Kier alpha value is -2.67. The molecule has 6 nitrogen and oxygen atoms in total. The Morgan fingerprint density at radius 2 is 2.00 bits per heavy atom. The van der Waals surface area contributed by atoms with Crippen molar-refractivity contribution in [3.63, 3.8) is 0 Å². The minimum Gasteiger partial charge on any atom is -0.478 e. The van der Waals surface area contributed by atoms with Gasteiger partial charge in [0, 0.05) is 17.8 Å². The average Bonchev–Trinajstić information content (AvgIpc) is 3.08. The number of hydrogen-bond acceptors (Lipinski definition) is 4. The smallest absolute Gasteiger partial charge is 0.335 e. The molecule has 2 aromatic rings. The summed E-state index contributed by atoms with van der Waals surface area (Å²) in [6.45, 7) is 0.273. The van der Waals surface area contributed by atoms with E-state index < -0.39 is 12.0 Å². The maximum Gasteiger partial charge on any atom is 0.335 e. The maximum absolute atomic E-state index is 12.3. The summed E-state index contributed by atoms with van der Waals surface area (Å²) in [5, 5.41) is 13.5. The summed E-state index contributed by atoms with van der Waals surface area (Å²) in [5.74, 6) is -1.30. The molecule has 1 aliphatic rings. The topological polar surface area (TPSA) is 86.7 Å². The molecule has 3 rings (SSSR count). The van der Waals surface area contributed by atoms with Crippen LogP contribution >= 0.6 is 11.3 Å². The monoisotopic (exact) mass is 344 g/mol. The summed E-state index contributed by atoms with van der Waals surface area (Å²) in [6.07, 6.45) is 0.475. The molecular formula is C17H16N2O4S. The lowest BCUT2D eigenvalue weighted by Gasteiger charge is -2.35. The molecule has 7 heteroatoms. The van der Waals surface area contributed by atoms with Gasteiger partial charge in [-0.3, -0.25) is 9.59 Å². The molecule has 0 aliphatic carbocycles. The SMILES string of the molecule is O=C(O)c1ccc(CN2C(=O)CNC(=O)[C@H]2Cc2cccs2)cc1. The maximum atomic E-state index is 12.3. The number of rotatable bonds is 5. The number of nitrogens with zero attached hydrogens (tertiary/aromatic N) is 1. The van der Waals surface area contributed by atoms with E-state index in [2.05, 4.69) is 5.32 Å². The second-order valence-corrected chi connectivity index (χ2v) is 6.57. The lowest BCUT2D eigenvalue weighted by molar-refractivity contribution is -0.146. The van der Waals surface area contributed by atoms with Crippen LogP contribution in [0, 0.1) is 0 Å². The van der Waals surface area contributed by atoms with Crippen molar-refractivity contribution in [2.24, 2.45) is 0 Å². The second kappa shape index (κ2) is 6.84. The highest BCUT2D eigenvalue weighted by molar-refractivity contribution is 7.09. The van der Waals surface area contributed by atoms with Crippen LogP contribution in [0.3, 0.4) is 0 Å². The average molecular weight is 344 g/mol. The Labute approximate surface area is 142 Å². The molecular weight excluding hydrogens is 328 g/mol. The lowest BCUT2D eigenvalue weighted by Crippen LogP contribution is -2.58. The number of benzene rings is 1. The van der Waals surface area contributed by atoms with Crippen LogP contribution in [0.1, 0.15) is 20.8 Å². The van der Waals surface area contributed by atoms with Gasteiger partial charge in [0.2, 0.25) is 11.8 Å². The number of carbonyl (C=O) groups is 3. The first-order valence-electron chi connectivity index (χ1n) is 7.46. The van der Waals surface area contributed by atoms with E-state index in [1.807, 2.05) is 17.5 Å². The normalized spacial score (nSPS) is 17.7. The van der Waals surface area contributed by atoms with E-state index in [0.717, 1.165) is 10.4 Å². The second-order valence-electron chi connectivity index (χ2n) is 5.54. The number of hydrogen-bond donors (Lipinski definition) is 2. The summed E-state index contributed by atoms with van der Waals surface area (Å²) < 4.78 is 0. The minimum atomic E-state index is -0.995. The highest BCUT2D eigenvalue weighted by atomic mass is 32.1. The predicted molar refractivity (Wildman–Crippen MR) is 88.8 cm³/mol. The van der Waals surface area contributed by atoms with Crippen molar-refractivity contribution in [3.8, 4) is 0 Å². The highest BCUT2D eigenvalue weighted by Gasteiger charge is 2.34. The summed E-state index contributed by atoms with van der Waals surface area (Å²) >= 11 is 1.55. The molecule has 1 atom stereocenters. The molecule has 0 saturated carbocycles. The van der Waals surface area contributed by atoms with E-state index in [1.54, 1.807) is 28.4 Å². The fourth-order valence-corrected chi connectivity index (χ4v) is 3.41. The Morgan fingerprint density at radius 3 is 2.62 bits per heavy atom. The molecule has 1 aromatic carbocycles. The Morgan fingerprint density at radius 1 is 1.25 bits per heavy atom. The van der Waals surface area contributed by atoms with E-state index in [4.69, 9.17) is 5.11 Å². The van der Waals surface area contributed by atoms with Gasteiger partial charge in [-0.1, -0.05) is 18.2 Å². The first kappa shape index (κ1) is 16.2. The van der Waals surface area contributed by atoms with Gasteiger partial charge in [-0.2, -0.15) is 0 Å². The Bertz CT molecular complexity index is 755. The molecule has 1 saturated heterocycles. The molecule has 2 amide bonds. The summed E-state index contributed by atoms with van der Waals surface area (Å²) in [7, 11) is 0. The van der Waals surface area contributed by atoms with Crippen LogP contribution in [0.2, 0.25) is 0 Å². The number of carboxylic acids is 1. The van der Waals surface area contributed by atoms with E-state index in [1.165, 1.54) is 12.1 Å². The predicted octanol–water partition coefficient (Wildman–Crippen LogP) is 1.52. The van der Waals surface area contributed by atoms with Gasteiger partial charge in [0.05, 0.1) is 12.1 Å². The number of piperazine rings is 1. The molecule has 0 spiro atoms. The molecule has 1 aromatic heterocycles. The first-order valence-corrected chi connectivity index (χ1v) is 8.34. The fraction of sp³-hybridized carbons (Fsp3) is 0.235. The van der Waals surface area contributed by atoms with Gasteiger partial charge in [-0.05, 0) is 29.1 Å². The van der Waals surface area contributed by atoms with Gasteiger partial charge in [-0.15, -0.1) is 11.3 Å². The standard InChI is InChI=1S/C17H16N2O4S/c20-15-9-18-16(21)14(8-13-2-1-7-24-13)19(15)10-11-3-5-12(6-4-11)17(22)23/h1-7,14H,8-10H2,(H,18,21)(H,22,23)/t14-/m1/s1. The van der Waals surface area contributed by atoms with Crippen LogP contribution in [0.5, 0.6) is 0 Å². The molecule has 2 heterocycles.